The third-order valence-corrected chi connectivity index (χ3v) is 3.86. The Morgan fingerprint density at radius 2 is 2.15 bits per heavy atom. The standard InChI is InChI=1S/C17H24N2O/c1-17(2)9-5-10-19(14-17)11-6-12-20-16-8-4-3-7-15(16)13-18/h3-4,7-8H,5-6,9-12,14H2,1-2H3. The van der Waals surface area contributed by atoms with Gasteiger partial charge >= 0.3 is 0 Å². The van der Waals surface area contributed by atoms with Crippen LogP contribution in [0.5, 0.6) is 5.75 Å². The van der Waals surface area contributed by atoms with Crippen LogP contribution < -0.4 is 4.74 Å². The minimum Gasteiger partial charge on any atom is -0.492 e. The molecule has 1 saturated heterocycles. The first-order valence-electron chi connectivity index (χ1n) is 7.45. The molecule has 1 aliphatic rings. The molecule has 0 N–H and O–H groups in total. The first-order valence-corrected chi connectivity index (χ1v) is 7.45. The number of hydrogen-bond acceptors (Lipinski definition) is 3. The maximum atomic E-state index is 9.00. The van der Waals surface area contributed by atoms with Gasteiger partial charge in [0.2, 0.25) is 0 Å². The highest BCUT2D eigenvalue weighted by atomic mass is 16.5. The van der Waals surface area contributed by atoms with Crippen molar-refractivity contribution in [2.24, 2.45) is 5.41 Å². The first kappa shape index (κ1) is 14.9. The maximum Gasteiger partial charge on any atom is 0.137 e. The lowest BCUT2D eigenvalue weighted by molar-refractivity contribution is 0.111. The molecule has 1 aromatic carbocycles. The Balaban J connectivity index is 1.73. The molecule has 3 heteroatoms. The van der Waals surface area contributed by atoms with E-state index in [-0.39, 0.29) is 0 Å². The summed E-state index contributed by atoms with van der Waals surface area (Å²) in [5.41, 5.74) is 1.07. The van der Waals surface area contributed by atoms with Crippen molar-refractivity contribution in [2.75, 3.05) is 26.2 Å². The molecular weight excluding hydrogens is 248 g/mol. The van der Waals surface area contributed by atoms with E-state index in [2.05, 4.69) is 24.8 Å². The van der Waals surface area contributed by atoms with Crippen LogP contribution in [0.25, 0.3) is 0 Å². The predicted molar refractivity (Wildman–Crippen MR) is 80.7 cm³/mol. The zero-order valence-electron chi connectivity index (χ0n) is 12.6. The van der Waals surface area contributed by atoms with E-state index in [0.717, 1.165) is 13.0 Å². The minimum absolute atomic E-state index is 0.451. The van der Waals surface area contributed by atoms with Crippen molar-refractivity contribution in [3.63, 3.8) is 0 Å². The molecule has 1 fully saturated rings. The van der Waals surface area contributed by atoms with Gasteiger partial charge in [0.1, 0.15) is 11.8 Å². The van der Waals surface area contributed by atoms with Gasteiger partial charge in [-0.05, 0) is 43.4 Å². The Kier molecular flexibility index (Phi) is 5.03. The summed E-state index contributed by atoms with van der Waals surface area (Å²) in [5, 5.41) is 9.00. The van der Waals surface area contributed by atoms with Crippen LogP contribution >= 0.6 is 0 Å². The normalized spacial score (nSPS) is 18.4. The summed E-state index contributed by atoms with van der Waals surface area (Å²) in [4.78, 5) is 2.53. The number of nitriles is 1. The van der Waals surface area contributed by atoms with Crippen molar-refractivity contribution >= 4 is 0 Å². The van der Waals surface area contributed by atoms with E-state index < -0.39 is 0 Å². The quantitative estimate of drug-likeness (QED) is 0.770. The molecule has 0 spiro atoms. The van der Waals surface area contributed by atoms with Crippen LogP contribution in [0, 0.1) is 16.7 Å². The molecule has 0 bridgehead atoms. The third-order valence-electron chi connectivity index (χ3n) is 3.86. The summed E-state index contributed by atoms with van der Waals surface area (Å²) in [6.07, 6.45) is 3.64. The second kappa shape index (κ2) is 6.76. The van der Waals surface area contributed by atoms with Crippen molar-refractivity contribution in [3.05, 3.63) is 29.8 Å². The van der Waals surface area contributed by atoms with Gasteiger partial charge in [0, 0.05) is 13.1 Å². The molecule has 0 atom stereocenters. The Hall–Kier alpha value is -1.53. The summed E-state index contributed by atoms with van der Waals surface area (Å²) in [6, 6.07) is 9.59. The number of hydrogen-bond donors (Lipinski definition) is 0. The molecule has 0 aromatic heterocycles. The second-order valence-corrected chi connectivity index (χ2v) is 6.35. The lowest BCUT2D eigenvalue weighted by Gasteiger charge is -2.38. The fourth-order valence-electron chi connectivity index (χ4n) is 2.89. The van der Waals surface area contributed by atoms with E-state index >= 15 is 0 Å². The molecule has 108 valence electrons. The smallest absolute Gasteiger partial charge is 0.137 e. The second-order valence-electron chi connectivity index (χ2n) is 6.35. The van der Waals surface area contributed by atoms with Gasteiger partial charge in [0.25, 0.3) is 0 Å². The van der Waals surface area contributed by atoms with Gasteiger partial charge in [-0.3, -0.25) is 0 Å². The number of rotatable bonds is 5. The maximum absolute atomic E-state index is 9.00. The van der Waals surface area contributed by atoms with E-state index in [9.17, 15) is 0 Å². The van der Waals surface area contributed by atoms with Crippen molar-refractivity contribution < 1.29 is 4.74 Å². The Morgan fingerprint density at radius 1 is 1.35 bits per heavy atom. The molecule has 1 heterocycles. The number of ether oxygens (including phenoxy) is 1. The summed E-state index contributed by atoms with van der Waals surface area (Å²) >= 11 is 0. The Morgan fingerprint density at radius 3 is 2.90 bits per heavy atom. The van der Waals surface area contributed by atoms with Crippen molar-refractivity contribution in [2.45, 2.75) is 33.1 Å². The fourth-order valence-corrected chi connectivity index (χ4v) is 2.89. The summed E-state index contributed by atoms with van der Waals surface area (Å²) in [5.74, 6) is 0.703. The molecule has 0 saturated carbocycles. The molecule has 1 aliphatic heterocycles. The highest BCUT2D eigenvalue weighted by molar-refractivity contribution is 5.42. The van der Waals surface area contributed by atoms with Crippen LogP contribution in [0.3, 0.4) is 0 Å². The zero-order valence-corrected chi connectivity index (χ0v) is 12.6. The van der Waals surface area contributed by atoms with E-state index in [1.165, 1.54) is 25.9 Å². The van der Waals surface area contributed by atoms with Crippen LogP contribution in [-0.2, 0) is 0 Å². The van der Waals surface area contributed by atoms with Crippen molar-refractivity contribution in [1.82, 2.24) is 4.90 Å². The zero-order chi connectivity index (χ0) is 14.4. The molecule has 1 aromatic rings. The Labute approximate surface area is 122 Å². The topological polar surface area (TPSA) is 36.3 Å². The molecule has 2 rings (SSSR count). The van der Waals surface area contributed by atoms with Gasteiger partial charge in [-0.2, -0.15) is 5.26 Å². The molecule has 0 radical (unpaired) electrons. The highest BCUT2D eigenvalue weighted by Crippen LogP contribution is 2.28. The largest absolute Gasteiger partial charge is 0.492 e. The minimum atomic E-state index is 0.451. The van der Waals surface area contributed by atoms with Crippen LogP contribution in [0.2, 0.25) is 0 Å². The SMILES string of the molecule is CC1(C)CCCN(CCCOc2ccccc2C#N)C1. The number of likely N-dealkylation sites (tertiary alicyclic amines) is 1. The van der Waals surface area contributed by atoms with Crippen LogP contribution in [0.1, 0.15) is 38.7 Å². The monoisotopic (exact) mass is 272 g/mol. The van der Waals surface area contributed by atoms with Crippen molar-refractivity contribution in [1.29, 1.82) is 5.26 Å². The Bertz CT molecular complexity index is 476. The van der Waals surface area contributed by atoms with Gasteiger partial charge < -0.3 is 9.64 Å². The van der Waals surface area contributed by atoms with E-state index in [1.807, 2.05) is 18.2 Å². The van der Waals surface area contributed by atoms with E-state index in [0.29, 0.717) is 23.3 Å². The number of para-hydroxylation sites is 1. The summed E-state index contributed by atoms with van der Waals surface area (Å²) in [6.45, 7) is 8.84. The number of piperidine rings is 1. The average molecular weight is 272 g/mol. The van der Waals surface area contributed by atoms with Gasteiger partial charge in [-0.1, -0.05) is 26.0 Å². The number of benzene rings is 1. The number of nitrogens with zero attached hydrogens (tertiary/aromatic N) is 2. The van der Waals surface area contributed by atoms with Gasteiger partial charge in [-0.15, -0.1) is 0 Å². The summed E-state index contributed by atoms with van der Waals surface area (Å²) in [7, 11) is 0. The van der Waals surface area contributed by atoms with Crippen LogP contribution in [0.4, 0.5) is 0 Å². The highest BCUT2D eigenvalue weighted by Gasteiger charge is 2.25. The van der Waals surface area contributed by atoms with E-state index in [4.69, 9.17) is 10.00 Å². The lowest BCUT2D eigenvalue weighted by Crippen LogP contribution is -2.40. The molecular formula is C17H24N2O. The van der Waals surface area contributed by atoms with Crippen molar-refractivity contribution in [3.8, 4) is 11.8 Å². The van der Waals surface area contributed by atoms with Gasteiger partial charge in [0.05, 0.1) is 12.2 Å². The fraction of sp³-hybridized carbons (Fsp3) is 0.588. The molecule has 3 nitrogen and oxygen atoms in total. The van der Waals surface area contributed by atoms with Crippen LogP contribution in [0.15, 0.2) is 24.3 Å². The molecule has 0 unspecified atom stereocenters. The first-order chi connectivity index (χ1) is 9.61. The molecule has 20 heavy (non-hydrogen) atoms. The predicted octanol–water partition coefficient (Wildman–Crippen LogP) is 3.45. The molecule has 0 aliphatic carbocycles. The molecule has 0 amide bonds. The van der Waals surface area contributed by atoms with E-state index in [1.54, 1.807) is 6.07 Å². The van der Waals surface area contributed by atoms with Crippen LogP contribution in [-0.4, -0.2) is 31.1 Å². The lowest BCUT2D eigenvalue weighted by atomic mass is 9.84. The average Bonchev–Trinajstić information content (AvgIpc) is 2.43. The third kappa shape index (κ3) is 4.25. The van der Waals surface area contributed by atoms with Gasteiger partial charge in [0.15, 0.2) is 0 Å². The van der Waals surface area contributed by atoms with Gasteiger partial charge in [-0.25, -0.2) is 0 Å². The summed E-state index contributed by atoms with van der Waals surface area (Å²) < 4.78 is 5.72.